The zero-order valence-electron chi connectivity index (χ0n) is 13.8. The molecule has 8 heteroatoms. The molecular formula is C17H17N3O4S. The molecular weight excluding hydrogens is 342 g/mol. The second-order valence-electron chi connectivity index (χ2n) is 5.18. The van der Waals surface area contributed by atoms with Crippen molar-refractivity contribution in [1.82, 2.24) is 10.1 Å². The third-order valence-corrected chi connectivity index (χ3v) is 4.29. The van der Waals surface area contributed by atoms with E-state index in [-0.39, 0.29) is 6.61 Å². The summed E-state index contributed by atoms with van der Waals surface area (Å²) in [6.07, 6.45) is 0. The van der Waals surface area contributed by atoms with Crippen LogP contribution < -0.4 is 10.1 Å². The molecule has 0 aliphatic heterocycles. The molecule has 0 fully saturated rings. The Morgan fingerprint density at radius 2 is 2.24 bits per heavy atom. The van der Waals surface area contributed by atoms with Gasteiger partial charge in [-0.25, -0.2) is 4.79 Å². The predicted molar refractivity (Wildman–Crippen MR) is 93.6 cm³/mol. The summed E-state index contributed by atoms with van der Waals surface area (Å²) in [5.74, 6) is 1.29. The van der Waals surface area contributed by atoms with Crippen molar-refractivity contribution in [2.45, 2.75) is 13.5 Å². The number of aromatic nitrogens is 2. The highest BCUT2D eigenvalue weighted by molar-refractivity contribution is 7.13. The lowest BCUT2D eigenvalue weighted by Gasteiger charge is -2.10. The van der Waals surface area contributed by atoms with E-state index in [1.54, 1.807) is 17.4 Å². The molecule has 0 saturated carbocycles. The van der Waals surface area contributed by atoms with E-state index < -0.39 is 5.97 Å². The summed E-state index contributed by atoms with van der Waals surface area (Å²) >= 11 is 1.56. The molecule has 3 aromatic rings. The quantitative estimate of drug-likeness (QED) is 0.648. The first-order chi connectivity index (χ1) is 12.2. The number of esters is 1. The molecule has 0 saturated heterocycles. The van der Waals surface area contributed by atoms with Crippen molar-refractivity contribution >= 4 is 23.0 Å². The first-order valence-electron chi connectivity index (χ1n) is 7.56. The molecule has 0 atom stereocenters. The average molecular weight is 359 g/mol. The second-order valence-corrected chi connectivity index (χ2v) is 6.13. The van der Waals surface area contributed by atoms with E-state index >= 15 is 0 Å². The van der Waals surface area contributed by atoms with E-state index in [0.29, 0.717) is 24.0 Å². The number of aryl methyl sites for hydroxylation is 1. The number of nitrogens with one attached hydrogen (secondary N) is 1. The Labute approximate surface area is 148 Å². The molecule has 0 aliphatic carbocycles. The van der Waals surface area contributed by atoms with Crippen molar-refractivity contribution in [3.8, 4) is 16.5 Å². The minimum Gasteiger partial charge on any atom is -0.482 e. The summed E-state index contributed by atoms with van der Waals surface area (Å²) in [6.45, 7) is 2.25. The highest BCUT2D eigenvalue weighted by Gasteiger charge is 2.10. The predicted octanol–water partition coefficient (Wildman–Crippen LogP) is 3.27. The number of anilines is 1. The van der Waals surface area contributed by atoms with Crippen molar-refractivity contribution in [1.29, 1.82) is 0 Å². The first kappa shape index (κ1) is 17.0. The van der Waals surface area contributed by atoms with Gasteiger partial charge in [0, 0.05) is 5.69 Å². The molecule has 7 nitrogen and oxygen atoms in total. The van der Waals surface area contributed by atoms with Crippen LogP contribution in [0.15, 0.2) is 40.2 Å². The lowest BCUT2D eigenvalue weighted by molar-refractivity contribution is -0.142. The molecule has 0 radical (unpaired) electrons. The number of thiophene rings is 1. The van der Waals surface area contributed by atoms with Gasteiger partial charge < -0.3 is 19.3 Å². The van der Waals surface area contributed by atoms with Crippen LogP contribution in [0.5, 0.6) is 5.75 Å². The SMILES string of the molecule is COC(=O)COc1ccc(NCc2nc(-c3cccs3)no2)c(C)c1. The fourth-order valence-corrected chi connectivity index (χ4v) is 2.78. The molecule has 0 unspecified atom stereocenters. The molecule has 1 aromatic carbocycles. The fraction of sp³-hybridized carbons (Fsp3) is 0.235. The van der Waals surface area contributed by atoms with Gasteiger partial charge in [0.2, 0.25) is 11.7 Å². The lowest BCUT2D eigenvalue weighted by atomic mass is 10.2. The minimum absolute atomic E-state index is 0.115. The number of carbonyl (C=O) groups is 1. The van der Waals surface area contributed by atoms with Gasteiger partial charge in [-0.2, -0.15) is 4.98 Å². The Hall–Kier alpha value is -2.87. The van der Waals surface area contributed by atoms with Crippen LogP contribution in [0.25, 0.3) is 10.7 Å². The van der Waals surface area contributed by atoms with Crippen molar-refractivity contribution < 1.29 is 18.8 Å². The van der Waals surface area contributed by atoms with Crippen LogP contribution in [0.4, 0.5) is 5.69 Å². The summed E-state index contributed by atoms with van der Waals surface area (Å²) in [7, 11) is 1.32. The van der Waals surface area contributed by atoms with Crippen molar-refractivity contribution in [2.24, 2.45) is 0 Å². The third kappa shape index (κ3) is 4.36. The van der Waals surface area contributed by atoms with Crippen LogP contribution in [-0.2, 0) is 16.1 Å². The zero-order chi connectivity index (χ0) is 17.6. The minimum atomic E-state index is -0.419. The molecule has 25 heavy (non-hydrogen) atoms. The molecule has 2 heterocycles. The van der Waals surface area contributed by atoms with Crippen LogP contribution >= 0.6 is 11.3 Å². The number of benzene rings is 1. The van der Waals surface area contributed by atoms with Crippen LogP contribution in [0, 0.1) is 6.92 Å². The zero-order valence-corrected chi connectivity index (χ0v) is 14.6. The van der Waals surface area contributed by atoms with E-state index in [9.17, 15) is 4.79 Å². The van der Waals surface area contributed by atoms with Crippen molar-refractivity contribution in [2.75, 3.05) is 19.0 Å². The van der Waals surface area contributed by atoms with Crippen molar-refractivity contribution in [3.05, 3.63) is 47.2 Å². The Bertz CT molecular complexity index is 845. The van der Waals surface area contributed by atoms with E-state index in [2.05, 4.69) is 20.2 Å². The molecule has 2 aromatic heterocycles. The van der Waals surface area contributed by atoms with E-state index in [1.807, 2.05) is 36.6 Å². The Kier molecular flexibility index (Phi) is 5.30. The molecule has 3 rings (SSSR count). The maximum Gasteiger partial charge on any atom is 0.343 e. The highest BCUT2D eigenvalue weighted by Crippen LogP contribution is 2.23. The summed E-state index contributed by atoms with van der Waals surface area (Å²) in [5, 5.41) is 9.20. The number of nitrogens with zero attached hydrogens (tertiary/aromatic N) is 2. The summed E-state index contributed by atoms with van der Waals surface area (Å²) in [4.78, 5) is 16.4. The summed E-state index contributed by atoms with van der Waals surface area (Å²) in [6, 6.07) is 9.39. The first-order valence-corrected chi connectivity index (χ1v) is 8.44. The second kappa shape index (κ2) is 7.80. The van der Waals surface area contributed by atoms with E-state index in [4.69, 9.17) is 9.26 Å². The summed E-state index contributed by atoms with van der Waals surface area (Å²) < 4.78 is 15.2. The molecule has 1 N–H and O–H groups in total. The Balaban J connectivity index is 1.59. The number of ether oxygens (including phenoxy) is 2. The topological polar surface area (TPSA) is 86.5 Å². The normalized spacial score (nSPS) is 10.5. The maximum absolute atomic E-state index is 11.1. The van der Waals surface area contributed by atoms with Gasteiger partial charge in [-0.1, -0.05) is 11.2 Å². The van der Waals surface area contributed by atoms with Gasteiger partial charge in [0.05, 0.1) is 18.5 Å². The number of carbonyl (C=O) groups excluding carboxylic acids is 1. The number of methoxy groups -OCH3 is 1. The van der Waals surface area contributed by atoms with Gasteiger partial charge >= 0.3 is 5.97 Å². The Morgan fingerprint density at radius 1 is 1.36 bits per heavy atom. The van der Waals surface area contributed by atoms with Gasteiger partial charge in [0.15, 0.2) is 6.61 Å². The lowest BCUT2D eigenvalue weighted by Crippen LogP contribution is -2.12. The smallest absolute Gasteiger partial charge is 0.343 e. The van der Waals surface area contributed by atoms with Gasteiger partial charge in [-0.05, 0) is 42.1 Å². The van der Waals surface area contributed by atoms with Crippen LogP contribution in [0.2, 0.25) is 0 Å². The van der Waals surface area contributed by atoms with E-state index in [1.165, 1.54) is 7.11 Å². The third-order valence-electron chi connectivity index (χ3n) is 3.42. The monoisotopic (exact) mass is 359 g/mol. The molecule has 0 spiro atoms. The standard InChI is InChI=1S/C17H17N3O4S/c1-11-8-12(23-10-16(21)22-2)5-6-13(11)18-9-15-19-17(20-24-15)14-4-3-7-25-14/h3-8,18H,9-10H2,1-2H3. The fourth-order valence-electron chi connectivity index (χ4n) is 2.13. The number of hydrogen-bond donors (Lipinski definition) is 1. The van der Waals surface area contributed by atoms with E-state index in [0.717, 1.165) is 16.1 Å². The van der Waals surface area contributed by atoms with Crippen LogP contribution in [0.3, 0.4) is 0 Å². The van der Waals surface area contributed by atoms with Crippen molar-refractivity contribution in [3.63, 3.8) is 0 Å². The van der Waals surface area contributed by atoms with Gasteiger partial charge in [0.25, 0.3) is 0 Å². The molecule has 0 bridgehead atoms. The van der Waals surface area contributed by atoms with Gasteiger partial charge in [0.1, 0.15) is 5.75 Å². The van der Waals surface area contributed by atoms with Gasteiger partial charge in [-0.3, -0.25) is 0 Å². The van der Waals surface area contributed by atoms with Crippen LogP contribution in [0.1, 0.15) is 11.5 Å². The largest absolute Gasteiger partial charge is 0.482 e. The molecule has 0 amide bonds. The number of rotatable bonds is 7. The molecule has 0 aliphatic rings. The van der Waals surface area contributed by atoms with Gasteiger partial charge in [-0.15, -0.1) is 11.3 Å². The summed E-state index contributed by atoms with van der Waals surface area (Å²) in [5.41, 5.74) is 1.89. The van der Waals surface area contributed by atoms with Crippen LogP contribution in [-0.4, -0.2) is 29.8 Å². The average Bonchev–Trinajstić information content (AvgIpc) is 3.30. The highest BCUT2D eigenvalue weighted by atomic mass is 32.1. The number of hydrogen-bond acceptors (Lipinski definition) is 8. The molecule has 130 valence electrons. The maximum atomic E-state index is 11.1. The Morgan fingerprint density at radius 3 is 2.96 bits per heavy atom.